The highest BCUT2D eigenvalue weighted by molar-refractivity contribution is 7.33. The smallest absolute Gasteiger partial charge is 0.264 e. The van der Waals surface area contributed by atoms with Crippen LogP contribution in [0.1, 0.15) is 88.3 Å². The maximum atomic E-state index is 2.65. The van der Waals surface area contributed by atoms with E-state index < -0.39 is 0 Å². The van der Waals surface area contributed by atoms with Crippen molar-refractivity contribution in [3.63, 3.8) is 0 Å². The molecule has 2 nitrogen and oxygen atoms in total. The van der Waals surface area contributed by atoms with Gasteiger partial charge in [0, 0.05) is 43.3 Å². The molecular formula is C46H47BN2S. The summed E-state index contributed by atoms with van der Waals surface area (Å²) in [7, 11) is 0. The van der Waals surface area contributed by atoms with E-state index in [1.807, 2.05) is 11.3 Å². The summed E-state index contributed by atoms with van der Waals surface area (Å²) in [6.45, 7) is 23.5. The number of anilines is 6. The molecule has 2 aliphatic heterocycles. The van der Waals surface area contributed by atoms with Gasteiger partial charge in [0.25, 0.3) is 6.71 Å². The molecule has 9 rings (SSSR count). The molecule has 4 heteroatoms. The third kappa shape index (κ3) is 4.53. The SMILES string of the molecule is Cc1cccc(N2c3cc(C)ccc3B3c4sc5ccc(C(C)(C)C)cc5c4N(c4ccc5c(c4)C(C)(C)CC5(C)C)c4cc(C)cc2c43)c1. The van der Waals surface area contributed by atoms with Crippen LogP contribution in [0, 0.1) is 20.8 Å². The normalized spacial score (nSPS) is 16.7. The molecule has 0 N–H and O–H groups in total. The van der Waals surface area contributed by atoms with Gasteiger partial charge in [-0.05, 0) is 142 Å². The number of thiophene rings is 1. The van der Waals surface area contributed by atoms with Crippen LogP contribution in [0.15, 0.2) is 91.0 Å². The Morgan fingerprint density at radius 1 is 0.640 bits per heavy atom. The molecular weight excluding hydrogens is 623 g/mol. The molecule has 0 atom stereocenters. The topological polar surface area (TPSA) is 6.48 Å². The standard InChI is InChI=1S/C46H47BN2S/c1-27-12-11-13-31(20-27)48-37-21-28(2)14-18-36(37)47-41-38(48)22-29(3)23-39(41)49(32-16-17-34-35(25-32)46(9,10)26-45(34,7)8)42-33-24-30(44(4,5)6)15-19-40(33)50-43(42)47/h11-25H,26H2,1-10H3. The van der Waals surface area contributed by atoms with Crippen molar-refractivity contribution < 1.29 is 0 Å². The lowest BCUT2D eigenvalue weighted by Crippen LogP contribution is -2.60. The van der Waals surface area contributed by atoms with Gasteiger partial charge in [0.15, 0.2) is 0 Å². The van der Waals surface area contributed by atoms with Gasteiger partial charge < -0.3 is 9.80 Å². The Morgan fingerprint density at radius 3 is 2.06 bits per heavy atom. The Hall–Kier alpha value is -4.28. The van der Waals surface area contributed by atoms with Gasteiger partial charge >= 0.3 is 0 Å². The molecule has 5 aromatic carbocycles. The quantitative estimate of drug-likeness (QED) is 0.169. The van der Waals surface area contributed by atoms with E-state index in [4.69, 9.17) is 0 Å². The van der Waals surface area contributed by atoms with Crippen molar-refractivity contribution in [1.82, 2.24) is 0 Å². The maximum absolute atomic E-state index is 2.65. The average Bonchev–Trinajstić information content (AvgIpc) is 3.50. The highest BCUT2D eigenvalue weighted by Crippen LogP contribution is 2.53. The van der Waals surface area contributed by atoms with E-state index in [0.29, 0.717) is 0 Å². The van der Waals surface area contributed by atoms with Gasteiger partial charge in [-0.1, -0.05) is 84.9 Å². The molecule has 3 heterocycles. The number of rotatable bonds is 2. The van der Waals surface area contributed by atoms with Crippen molar-refractivity contribution in [2.45, 2.75) is 91.9 Å². The molecule has 0 bridgehead atoms. The summed E-state index contributed by atoms with van der Waals surface area (Å²) in [6, 6.07) is 35.7. The Kier molecular flexibility index (Phi) is 6.58. The number of hydrogen-bond acceptors (Lipinski definition) is 3. The summed E-state index contributed by atoms with van der Waals surface area (Å²) in [4.78, 5) is 5.19. The third-order valence-electron chi connectivity index (χ3n) is 11.7. The van der Waals surface area contributed by atoms with Crippen LogP contribution in [0.4, 0.5) is 34.1 Å². The van der Waals surface area contributed by atoms with Gasteiger partial charge in [0.05, 0.1) is 5.69 Å². The van der Waals surface area contributed by atoms with Crippen molar-refractivity contribution in [2.75, 3.05) is 9.80 Å². The molecule has 0 fully saturated rings. The van der Waals surface area contributed by atoms with Gasteiger partial charge in [-0.25, -0.2) is 0 Å². The minimum Gasteiger partial charge on any atom is -0.311 e. The molecule has 0 radical (unpaired) electrons. The van der Waals surface area contributed by atoms with E-state index in [1.54, 1.807) is 0 Å². The maximum Gasteiger partial charge on any atom is 0.264 e. The fourth-order valence-electron chi connectivity index (χ4n) is 9.62. The fourth-order valence-corrected chi connectivity index (χ4v) is 10.9. The molecule has 6 aromatic rings. The van der Waals surface area contributed by atoms with Gasteiger partial charge in [-0.2, -0.15) is 0 Å². The van der Waals surface area contributed by atoms with Crippen LogP contribution in [-0.2, 0) is 16.2 Å². The van der Waals surface area contributed by atoms with E-state index in [1.165, 1.54) is 93.3 Å². The Balaban J connectivity index is 1.40. The predicted octanol–water partition coefficient (Wildman–Crippen LogP) is 11.2. The number of aryl methyl sites for hydroxylation is 3. The first-order chi connectivity index (χ1) is 23.6. The van der Waals surface area contributed by atoms with Crippen LogP contribution in [0.2, 0.25) is 0 Å². The summed E-state index contributed by atoms with van der Waals surface area (Å²) in [5.74, 6) is 0. The lowest BCUT2D eigenvalue weighted by molar-refractivity contribution is 0.403. The van der Waals surface area contributed by atoms with E-state index in [9.17, 15) is 0 Å². The largest absolute Gasteiger partial charge is 0.311 e. The highest BCUT2D eigenvalue weighted by atomic mass is 32.1. The second-order valence-corrected chi connectivity index (χ2v) is 18.8. The van der Waals surface area contributed by atoms with E-state index in [0.717, 1.165) is 6.42 Å². The molecule has 0 amide bonds. The second-order valence-electron chi connectivity index (χ2n) is 17.7. The van der Waals surface area contributed by atoms with Crippen LogP contribution in [0.5, 0.6) is 0 Å². The van der Waals surface area contributed by atoms with Gasteiger partial charge in [-0.15, -0.1) is 11.3 Å². The van der Waals surface area contributed by atoms with Crippen LogP contribution in [-0.4, -0.2) is 6.71 Å². The summed E-state index contributed by atoms with van der Waals surface area (Å²) in [5.41, 5.74) is 19.0. The Bertz CT molecular complexity index is 2400. The number of hydrogen-bond donors (Lipinski definition) is 0. The van der Waals surface area contributed by atoms with Crippen LogP contribution < -0.4 is 25.5 Å². The van der Waals surface area contributed by atoms with E-state index in [-0.39, 0.29) is 23.0 Å². The molecule has 1 aliphatic carbocycles. The van der Waals surface area contributed by atoms with Crippen LogP contribution in [0.3, 0.4) is 0 Å². The summed E-state index contributed by atoms with van der Waals surface area (Å²) in [6.07, 6.45) is 1.16. The fraction of sp³-hybridized carbons (Fsp3) is 0.304. The van der Waals surface area contributed by atoms with E-state index >= 15 is 0 Å². The van der Waals surface area contributed by atoms with Crippen LogP contribution >= 0.6 is 11.3 Å². The number of benzene rings is 5. The highest BCUT2D eigenvalue weighted by Gasteiger charge is 2.47. The van der Waals surface area contributed by atoms with E-state index in [2.05, 4.69) is 170 Å². The minimum atomic E-state index is 0.0522. The summed E-state index contributed by atoms with van der Waals surface area (Å²) < 4.78 is 2.80. The Labute approximate surface area is 302 Å². The van der Waals surface area contributed by atoms with Crippen molar-refractivity contribution in [3.8, 4) is 0 Å². The summed E-state index contributed by atoms with van der Waals surface area (Å²) >= 11 is 1.99. The molecule has 0 spiro atoms. The minimum absolute atomic E-state index is 0.0522. The molecule has 1 aromatic heterocycles. The van der Waals surface area contributed by atoms with Gasteiger partial charge in [0.1, 0.15) is 0 Å². The number of nitrogens with zero attached hydrogens (tertiary/aromatic N) is 2. The van der Waals surface area contributed by atoms with Crippen molar-refractivity contribution >= 4 is 78.0 Å². The number of fused-ring (bicyclic) bond motifs is 7. The van der Waals surface area contributed by atoms with Gasteiger partial charge in [0.2, 0.25) is 0 Å². The summed E-state index contributed by atoms with van der Waals surface area (Å²) in [5, 5.41) is 1.36. The predicted molar refractivity (Wildman–Crippen MR) is 219 cm³/mol. The first kappa shape index (κ1) is 31.7. The van der Waals surface area contributed by atoms with Gasteiger partial charge in [-0.3, -0.25) is 0 Å². The lowest BCUT2D eigenvalue weighted by Gasteiger charge is -2.43. The first-order valence-electron chi connectivity index (χ1n) is 18.3. The average molecular weight is 671 g/mol. The zero-order valence-corrected chi connectivity index (χ0v) is 32.1. The molecule has 250 valence electrons. The zero-order valence-electron chi connectivity index (χ0n) is 31.2. The lowest BCUT2D eigenvalue weighted by atomic mass is 9.36. The second kappa shape index (κ2) is 10.4. The monoisotopic (exact) mass is 670 g/mol. The first-order valence-corrected chi connectivity index (χ1v) is 19.1. The van der Waals surface area contributed by atoms with Crippen molar-refractivity contribution in [2.24, 2.45) is 0 Å². The molecule has 0 saturated carbocycles. The molecule has 50 heavy (non-hydrogen) atoms. The molecule has 3 aliphatic rings. The third-order valence-corrected chi connectivity index (χ3v) is 12.9. The molecule has 0 saturated heterocycles. The van der Waals surface area contributed by atoms with Crippen molar-refractivity contribution in [1.29, 1.82) is 0 Å². The van der Waals surface area contributed by atoms with Crippen molar-refractivity contribution in [3.05, 3.63) is 124 Å². The Morgan fingerprint density at radius 2 is 1.32 bits per heavy atom. The zero-order chi connectivity index (χ0) is 35.1. The van der Waals surface area contributed by atoms with Crippen LogP contribution in [0.25, 0.3) is 10.1 Å². The molecule has 0 unspecified atom stereocenters.